The summed E-state index contributed by atoms with van der Waals surface area (Å²) in [5.41, 5.74) is -0.0249. The monoisotopic (exact) mass is 433 g/mol. The molecule has 0 aliphatic carbocycles. The Morgan fingerprint density at radius 1 is 0.964 bits per heavy atom. The van der Waals surface area contributed by atoms with E-state index in [9.17, 15) is 30.0 Å². The number of sulfonamides is 1. The topological polar surface area (TPSA) is 71.5 Å². The molecule has 1 aliphatic heterocycles. The lowest BCUT2D eigenvalue weighted by Gasteiger charge is -2.16. The van der Waals surface area contributed by atoms with Crippen molar-refractivity contribution in [2.75, 3.05) is 19.3 Å². The van der Waals surface area contributed by atoms with E-state index in [4.69, 9.17) is 0 Å². The number of alkyl halides is 3. The molecule has 1 atom stereocenters. The number of nitrogens with zero attached hydrogens (tertiary/aromatic N) is 1. The predicted octanol–water partition coefficient (Wildman–Crippen LogP) is 3.18. The Morgan fingerprint density at radius 3 is 2.14 bits per heavy atom. The summed E-state index contributed by atoms with van der Waals surface area (Å²) in [7, 11) is -7.21. The van der Waals surface area contributed by atoms with E-state index in [0.29, 0.717) is 11.1 Å². The first kappa shape index (κ1) is 20.8. The molecule has 0 amide bonds. The third kappa shape index (κ3) is 4.23. The molecule has 1 saturated heterocycles. The summed E-state index contributed by atoms with van der Waals surface area (Å²) in [6.45, 7) is 0.00595. The first-order valence-electron chi connectivity index (χ1n) is 8.36. The highest BCUT2D eigenvalue weighted by Crippen LogP contribution is 2.33. The van der Waals surface area contributed by atoms with Gasteiger partial charge in [-0.25, -0.2) is 16.8 Å². The van der Waals surface area contributed by atoms with Crippen LogP contribution in [0.3, 0.4) is 0 Å². The maximum Gasteiger partial charge on any atom is 0.416 e. The van der Waals surface area contributed by atoms with Crippen LogP contribution in [-0.2, 0) is 26.0 Å². The molecular formula is C18H18F3NO4S2. The summed E-state index contributed by atoms with van der Waals surface area (Å²) in [6, 6.07) is 10.3. The molecule has 1 heterocycles. The zero-order chi connectivity index (χ0) is 20.7. The molecule has 0 spiro atoms. The second kappa shape index (κ2) is 7.16. The van der Waals surface area contributed by atoms with E-state index in [1.807, 2.05) is 0 Å². The van der Waals surface area contributed by atoms with Gasteiger partial charge in [-0.05, 0) is 41.8 Å². The van der Waals surface area contributed by atoms with Crippen LogP contribution in [0.15, 0.2) is 53.4 Å². The van der Waals surface area contributed by atoms with Crippen LogP contribution in [0.1, 0.15) is 12.0 Å². The number of hydrogen-bond donors (Lipinski definition) is 0. The molecule has 2 aromatic carbocycles. The molecule has 1 fully saturated rings. The third-order valence-corrected chi connectivity index (χ3v) is 8.20. The second-order valence-corrected chi connectivity index (χ2v) is 11.0. The number of rotatable bonds is 4. The first-order valence-corrected chi connectivity index (χ1v) is 11.8. The SMILES string of the molecule is CS(=O)(=O)C1CCN(S(=O)(=O)c2ccc(-c3cccc(C(F)(F)F)c3)cc2)C1. The van der Waals surface area contributed by atoms with Gasteiger partial charge in [0.25, 0.3) is 0 Å². The van der Waals surface area contributed by atoms with E-state index < -0.39 is 36.9 Å². The molecule has 1 aliphatic rings. The van der Waals surface area contributed by atoms with Gasteiger partial charge in [-0.15, -0.1) is 0 Å². The van der Waals surface area contributed by atoms with Crippen LogP contribution in [0.25, 0.3) is 11.1 Å². The Balaban J connectivity index is 1.85. The molecule has 0 N–H and O–H groups in total. The number of benzene rings is 2. The summed E-state index contributed by atoms with van der Waals surface area (Å²) < 4.78 is 88.4. The highest BCUT2D eigenvalue weighted by atomic mass is 32.2. The smallest absolute Gasteiger partial charge is 0.229 e. The summed E-state index contributed by atoms with van der Waals surface area (Å²) >= 11 is 0. The first-order chi connectivity index (χ1) is 12.9. The molecule has 0 radical (unpaired) electrons. The van der Waals surface area contributed by atoms with E-state index in [1.54, 1.807) is 0 Å². The zero-order valence-electron chi connectivity index (χ0n) is 14.8. The Labute approximate surface area is 161 Å². The Hall–Kier alpha value is -1.91. The second-order valence-electron chi connectivity index (χ2n) is 6.71. The van der Waals surface area contributed by atoms with Gasteiger partial charge in [-0.3, -0.25) is 0 Å². The fourth-order valence-electron chi connectivity index (χ4n) is 3.11. The standard InChI is InChI=1S/C18H18F3NO4S2/c1-27(23,24)17-9-10-22(12-17)28(25,26)16-7-5-13(6-8-16)14-3-2-4-15(11-14)18(19,20)21/h2-8,11,17H,9-10,12H2,1H3. The lowest BCUT2D eigenvalue weighted by Crippen LogP contribution is -2.31. The van der Waals surface area contributed by atoms with Crippen molar-refractivity contribution in [3.8, 4) is 11.1 Å². The van der Waals surface area contributed by atoms with Crippen LogP contribution in [0.4, 0.5) is 13.2 Å². The molecular weight excluding hydrogens is 415 g/mol. The quantitative estimate of drug-likeness (QED) is 0.743. The number of sulfone groups is 1. The summed E-state index contributed by atoms with van der Waals surface area (Å²) in [5.74, 6) is 0. The van der Waals surface area contributed by atoms with E-state index in [-0.39, 0.29) is 24.4 Å². The van der Waals surface area contributed by atoms with Crippen LogP contribution in [0.2, 0.25) is 0 Å². The van der Waals surface area contributed by atoms with Crippen molar-refractivity contribution in [2.24, 2.45) is 0 Å². The molecule has 2 aromatic rings. The van der Waals surface area contributed by atoms with Crippen LogP contribution in [-0.4, -0.2) is 45.7 Å². The predicted molar refractivity (Wildman–Crippen MR) is 98.9 cm³/mol. The van der Waals surface area contributed by atoms with Gasteiger partial charge in [0.2, 0.25) is 10.0 Å². The van der Waals surface area contributed by atoms with Crippen molar-refractivity contribution >= 4 is 19.9 Å². The molecule has 3 rings (SSSR count). The number of hydrogen-bond acceptors (Lipinski definition) is 4. The highest BCUT2D eigenvalue weighted by Gasteiger charge is 2.37. The van der Waals surface area contributed by atoms with Crippen molar-refractivity contribution in [1.29, 1.82) is 0 Å². The number of halogens is 3. The van der Waals surface area contributed by atoms with Gasteiger partial charge in [-0.2, -0.15) is 17.5 Å². The summed E-state index contributed by atoms with van der Waals surface area (Å²) in [6.07, 6.45) is -3.15. The highest BCUT2D eigenvalue weighted by molar-refractivity contribution is 7.91. The molecule has 28 heavy (non-hydrogen) atoms. The van der Waals surface area contributed by atoms with E-state index in [1.165, 1.54) is 36.4 Å². The van der Waals surface area contributed by atoms with Crippen LogP contribution >= 0.6 is 0 Å². The molecule has 0 bridgehead atoms. The van der Waals surface area contributed by atoms with Crippen LogP contribution in [0, 0.1) is 0 Å². The lowest BCUT2D eigenvalue weighted by atomic mass is 10.0. The van der Waals surface area contributed by atoms with Crippen molar-refractivity contribution < 1.29 is 30.0 Å². The normalized spacial score (nSPS) is 19.1. The van der Waals surface area contributed by atoms with E-state index >= 15 is 0 Å². The molecule has 10 heteroatoms. The zero-order valence-corrected chi connectivity index (χ0v) is 16.5. The summed E-state index contributed by atoms with van der Waals surface area (Å²) in [4.78, 5) is -0.0302. The van der Waals surface area contributed by atoms with Crippen molar-refractivity contribution in [3.63, 3.8) is 0 Å². The van der Waals surface area contributed by atoms with Crippen LogP contribution < -0.4 is 0 Å². The molecule has 5 nitrogen and oxygen atoms in total. The van der Waals surface area contributed by atoms with Crippen molar-refractivity contribution in [3.05, 3.63) is 54.1 Å². The Morgan fingerprint density at radius 2 is 1.61 bits per heavy atom. The van der Waals surface area contributed by atoms with Gasteiger partial charge in [0, 0.05) is 19.3 Å². The van der Waals surface area contributed by atoms with Crippen molar-refractivity contribution in [2.45, 2.75) is 22.7 Å². The average molecular weight is 433 g/mol. The molecule has 1 unspecified atom stereocenters. The van der Waals surface area contributed by atoms with Gasteiger partial charge in [0.15, 0.2) is 9.84 Å². The minimum Gasteiger partial charge on any atom is -0.229 e. The average Bonchev–Trinajstić information content (AvgIpc) is 3.13. The van der Waals surface area contributed by atoms with Gasteiger partial charge in [-0.1, -0.05) is 24.3 Å². The minimum absolute atomic E-state index is 0.0302. The fraction of sp³-hybridized carbons (Fsp3) is 0.333. The fourth-order valence-corrected chi connectivity index (χ4v) is 5.69. The largest absolute Gasteiger partial charge is 0.416 e. The van der Waals surface area contributed by atoms with Gasteiger partial charge < -0.3 is 0 Å². The molecule has 0 aromatic heterocycles. The third-order valence-electron chi connectivity index (χ3n) is 4.73. The van der Waals surface area contributed by atoms with Crippen molar-refractivity contribution in [1.82, 2.24) is 4.31 Å². The Kier molecular flexibility index (Phi) is 5.32. The maximum absolute atomic E-state index is 12.9. The molecule has 152 valence electrons. The van der Waals surface area contributed by atoms with Gasteiger partial charge >= 0.3 is 6.18 Å². The maximum atomic E-state index is 12.9. The van der Waals surface area contributed by atoms with E-state index in [2.05, 4.69) is 0 Å². The van der Waals surface area contributed by atoms with Gasteiger partial charge in [0.1, 0.15) is 0 Å². The molecule has 0 saturated carbocycles. The minimum atomic E-state index is -4.47. The van der Waals surface area contributed by atoms with Crippen LogP contribution in [0.5, 0.6) is 0 Å². The lowest BCUT2D eigenvalue weighted by molar-refractivity contribution is -0.137. The summed E-state index contributed by atoms with van der Waals surface area (Å²) in [5, 5.41) is -0.730. The Bertz CT molecular complexity index is 1080. The van der Waals surface area contributed by atoms with E-state index in [0.717, 1.165) is 22.7 Å². The van der Waals surface area contributed by atoms with Gasteiger partial charge in [0.05, 0.1) is 15.7 Å².